The van der Waals surface area contributed by atoms with E-state index in [0.29, 0.717) is 30.2 Å². The number of carbonyl (C=O) groups excluding carboxylic acids is 2. The van der Waals surface area contributed by atoms with Crippen molar-refractivity contribution in [1.29, 1.82) is 5.26 Å². The Hall–Kier alpha value is -3.15. The van der Waals surface area contributed by atoms with Crippen LogP contribution in [0.2, 0.25) is 0 Å². The highest BCUT2D eigenvalue weighted by atomic mass is 79.9. The SMILES string of the molecule is COCCNC(=O)/C(C#N)=C/c1ccc(OC(=O)COc2ccc(Br)cc2C(C)C)cc1. The van der Waals surface area contributed by atoms with Gasteiger partial charge in [0.15, 0.2) is 6.61 Å². The zero-order valence-corrected chi connectivity index (χ0v) is 19.8. The summed E-state index contributed by atoms with van der Waals surface area (Å²) in [6.45, 7) is 4.52. The lowest BCUT2D eigenvalue weighted by Crippen LogP contribution is -2.27. The summed E-state index contributed by atoms with van der Waals surface area (Å²) in [5, 5.41) is 11.8. The number of amides is 1. The minimum Gasteiger partial charge on any atom is -0.482 e. The molecule has 0 aromatic heterocycles. The monoisotopic (exact) mass is 500 g/mol. The fraction of sp³-hybridized carbons (Fsp3) is 0.292. The molecular weight excluding hydrogens is 476 g/mol. The largest absolute Gasteiger partial charge is 0.482 e. The van der Waals surface area contributed by atoms with E-state index >= 15 is 0 Å². The van der Waals surface area contributed by atoms with Crippen molar-refractivity contribution in [2.75, 3.05) is 26.9 Å². The Morgan fingerprint density at radius 1 is 1.19 bits per heavy atom. The van der Waals surface area contributed by atoms with Gasteiger partial charge in [0.05, 0.1) is 6.61 Å². The second-order valence-corrected chi connectivity index (χ2v) is 8.00. The summed E-state index contributed by atoms with van der Waals surface area (Å²) >= 11 is 3.44. The third-order valence-corrected chi connectivity index (χ3v) is 4.81. The van der Waals surface area contributed by atoms with Gasteiger partial charge < -0.3 is 19.5 Å². The van der Waals surface area contributed by atoms with Crippen molar-refractivity contribution in [3.8, 4) is 17.6 Å². The molecule has 2 aromatic carbocycles. The average Bonchev–Trinajstić information content (AvgIpc) is 2.77. The molecule has 0 heterocycles. The highest BCUT2D eigenvalue weighted by Crippen LogP contribution is 2.29. The zero-order chi connectivity index (χ0) is 23.5. The fourth-order valence-corrected chi connectivity index (χ4v) is 3.09. The molecule has 0 aliphatic heterocycles. The molecule has 7 nitrogen and oxygen atoms in total. The van der Waals surface area contributed by atoms with E-state index in [1.807, 2.05) is 38.1 Å². The van der Waals surface area contributed by atoms with Crippen molar-refractivity contribution in [2.45, 2.75) is 19.8 Å². The van der Waals surface area contributed by atoms with E-state index < -0.39 is 11.9 Å². The number of nitrogens with zero attached hydrogens (tertiary/aromatic N) is 1. The second kappa shape index (κ2) is 12.6. The van der Waals surface area contributed by atoms with Gasteiger partial charge in [0, 0.05) is 18.1 Å². The minimum absolute atomic E-state index is 0.0327. The molecule has 0 fully saturated rings. The number of benzene rings is 2. The molecule has 2 rings (SSSR count). The first-order chi connectivity index (χ1) is 15.3. The third-order valence-electron chi connectivity index (χ3n) is 4.32. The number of nitrogens with one attached hydrogen (secondary N) is 1. The Balaban J connectivity index is 1.95. The summed E-state index contributed by atoms with van der Waals surface area (Å²) in [4.78, 5) is 24.2. The lowest BCUT2D eigenvalue weighted by molar-refractivity contribution is -0.136. The number of methoxy groups -OCH3 is 1. The standard InChI is InChI=1S/C24H25BrN2O5/c1-16(2)21-13-19(25)6-9-22(21)31-15-23(28)32-20-7-4-17(5-8-20)12-18(14-26)24(29)27-10-11-30-3/h4-9,12-13,16H,10-11,15H2,1-3H3,(H,27,29)/b18-12+. The molecule has 8 heteroatoms. The molecule has 2 aromatic rings. The highest BCUT2D eigenvalue weighted by molar-refractivity contribution is 9.10. The molecule has 0 bridgehead atoms. The number of ether oxygens (including phenoxy) is 3. The first-order valence-corrected chi connectivity index (χ1v) is 10.7. The molecule has 0 unspecified atom stereocenters. The van der Waals surface area contributed by atoms with E-state index in [9.17, 15) is 14.9 Å². The van der Waals surface area contributed by atoms with Gasteiger partial charge in [-0.1, -0.05) is 41.9 Å². The van der Waals surface area contributed by atoms with Crippen LogP contribution in [0.5, 0.6) is 11.5 Å². The number of halogens is 1. The van der Waals surface area contributed by atoms with Gasteiger partial charge in [-0.2, -0.15) is 5.26 Å². The average molecular weight is 501 g/mol. The van der Waals surface area contributed by atoms with E-state index in [4.69, 9.17) is 14.2 Å². The van der Waals surface area contributed by atoms with Gasteiger partial charge in [-0.25, -0.2) is 4.79 Å². The van der Waals surface area contributed by atoms with Crippen LogP contribution >= 0.6 is 15.9 Å². The van der Waals surface area contributed by atoms with Gasteiger partial charge in [-0.05, 0) is 53.5 Å². The van der Waals surface area contributed by atoms with Crippen molar-refractivity contribution in [1.82, 2.24) is 5.32 Å². The predicted molar refractivity (Wildman–Crippen MR) is 124 cm³/mol. The smallest absolute Gasteiger partial charge is 0.349 e. The summed E-state index contributed by atoms with van der Waals surface area (Å²) in [7, 11) is 1.53. The molecule has 32 heavy (non-hydrogen) atoms. The molecule has 0 saturated carbocycles. The Labute approximate surface area is 196 Å². The van der Waals surface area contributed by atoms with Crippen molar-refractivity contribution in [2.24, 2.45) is 0 Å². The van der Waals surface area contributed by atoms with E-state index in [-0.39, 0.29) is 18.1 Å². The Bertz CT molecular complexity index is 1010. The lowest BCUT2D eigenvalue weighted by atomic mass is 10.0. The van der Waals surface area contributed by atoms with E-state index in [0.717, 1.165) is 10.0 Å². The molecule has 0 radical (unpaired) electrons. The van der Waals surface area contributed by atoms with Gasteiger partial charge in [0.2, 0.25) is 0 Å². The molecule has 0 atom stereocenters. The fourth-order valence-electron chi connectivity index (χ4n) is 2.71. The van der Waals surface area contributed by atoms with Gasteiger partial charge in [-0.3, -0.25) is 4.79 Å². The summed E-state index contributed by atoms with van der Waals surface area (Å²) in [5.74, 6) is 0.179. The number of hydrogen-bond donors (Lipinski definition) is 1. The van der Waals surface area contributed by atoms with Crippen molar-refractivity contribution < 1.29 is 23.8 Å². The van der Waals surface area contributed by atoms with Crippen molar-refractivity contribution >= 4 is 33.9 Å². The molecule has 1 N–H and O–H groups in total. The van der Waals surface area contributed by atoms with Crippen LogP contribution in [0.4, 0.5) is 0 Å². The molecule has 0 spiro atoms. The summed E-state index contributed by atoms with van der Waals surface area (Å²) in [5.41, 5.74) is 1.58. The third kappa shape index (κ3) is 7.84. The summed E-state index contributed by atoms with van der Waals surface area (Å²) in [6, 6.07) is 14.0. The van der Waals surface area contributed by atoms with Crippen LogP contribution in [-0.2, 0) is 14.3 Å². The van der Waals surface area contributed by atoms with E-state index in [2.05, 4.69) is 21.2 Å². The molecule has 0 aliphatic rings. The van der Waals surface area contributed by atoms with Crippen molar-refractivity contribution in [3.63, 3.8) is 0 Å². The topological polar surface area (TPSA) is 97.6 Å². The van der Waals surface area contributed by atoms with Gasteiger partial charge in [0.1, 0.15) is 23.1 Å². The second-order valence-electron chi connectivity index (χ2n) is 7.09. The van der Waals surface area contributed by atoms with Crippen LogP contribution < -0.4 is 14.8 Å². The van der Waals surface area contributed by atoms with Gasteiger partial charge in [0.25, 0.3) is 5.91 Å². The number of carbonyl (C=O) groups is 2. The molecule has 168 valence electrons. The predicted octanol–water partition coefficient (Wildman–Crippen LogP) is 4.23. The van der Waals surface area contributed by atoms with Crippen LogP contribution in [0, 0.1) is 11.3 Å². The number of hydrogen-bond acceptors (Lipinski definition) is 6. The van der Waals surface area contributed by atoms with Gasteiger partial charge in [-0.15, -0.1) is 0 Å². The maximum absolute atomic E-state index is 12.2. The maximum atomic E-state index is 12.2. The van der Waals surface area contributed by atoms with Crippen LogP contribution in [0.15, 0.2) is 52.5 Å². The van der Waals surface area contributed by atoms with Crippen LogP contribution in [0.3, 0.4) is 0 Å². The van der Waals surface area contributed by atoms with E-state index in [1.165, 1.54) is 13.2 Å². The first kappa shape index (κ1) is 25.1. The Kier molecular flexibility index (Phi) is 9.92. The lowest BCUT2D eigenvalue weighted by Gasteiger charge is -2.14. The molecule has 0 saturated heterocycles. The highest BCUT2D eigenvalue weighted by Gasteiger charge is 2.12. The Morgan fingerprint density at radius 2 is 1.91 bits per heavy atom. The van der Waals surface area contributed by atoms with E-state index in [1.54, 1.807) is 24.3 Å². The normalized spacial score (nSPS) is 11.1. The number of esters is 1. The first-order valence-electron chi connectivity index (χ1n) is 9.96. The van der Waals surface area contributed by atoms with Gasteiger partial charge >= 0.3 is 5.97 Å². The van der Waals surface area contributed by atoms with Crippen molar-refractivity contribution in [3.05, 3.63) is 63.6 Å². The van der Waals surface area contributed by atoms with Crippen LogP contribution in [-0.4, -0.2) is 38.7 Å². The summed E-state index contributed by atoms with van der Waals surface area (Å²) < 4.78 is 16.8. The number of nitriles is 1. The zero-order valence-electron chi connectivity index (χ0n) is 18.2. The maximum Gasteiger partial charge on any atom is 0.349 e. The number of rotatable bonds is 10. The molecule has 1 amide bonds. The van der Waals surface area contributed by atoms with Crippen LogP contribution in [0.1, 0.15) is 30.9 Å². The van der Waals surface area contributed by atoms with Crippen LogP contribution in [0.25, 0.3) is 6.08 Å². The quantitative estimate of drug-likeness (QED) is 0.172. The summed E-state index contributed by atoms with van der Waals surface area (Å²) in [6.07, 6.45) is 1.46. The Morgan fingerprint density at radius 3 is 2.53 bits per heavy atom. The molecule has 0 aliphatic carbocycles. The molecular formula is C24H25BrN2O5. The minimum atomic E-state index is -0.541.